The minimum absolute atomic E-state index is 0.0271. The van der Waals surface area contributed by atoms with Gasteiger partial charge in [-0.05, 0) is 129 Å². The second kappa shape index (κ2) is 19.0. The number of aromatic amines is 1. The van der Waals surface area contributed by atoms with E-state index in [2.05, 4.69) is 81.8 Å². The molecule has 16 nitrogen and oxygen atoms in total. The molecule has 10 rings (SSSR count). The second-order valence-corrected chi connectivity index (χ2v) is 23.0. The quantitative estimate of drug-likeness (QED) is 0.0606. The Kier molecular flexibility index (Phi) is 13.0. The number of nitro groups is 1. The summed E-state index contributed by atoms with van der Waals surface area (Å²) in [7, 11) is -4.70. The number of ether oxygens (including phenoxy) is 3. The van der Waals surface area contributed by atoms with E-state index >= 15 is 0 Å². The summed E-state index contributed by atoms with van der Waals surface area (Å²) < 4.78 is 48.7. The van der Waals surface area contributed by atoms with Crippen LogP contribution in [0.3, 0.4) is 0 Å². The number of nitro benzene ring substituents is 1. The minimum atomic E-state index is -4.70. The molecule has 4 N–H and O–H groups in total. The highest BCUT2D eigenvalue weighted by atomic mass is 32.2. The maximum Gasteiger partial charge on any atom is 0.297 e. The van der Waals surface area contributed by atoms with Gasteiger partial charge in [0.05, 0.1) is 28.0 Å². The first kappa shape index (κ1) is 47.8. The Bertz CT molecular complexity index is 2880. The molecule has 1 amide bonds. The zero-order valence-electron chi connectivity index (χ0n) is 40.5. The van der Waals surface area contributed by atoms with Crippen LogP contribution in [-0.4, -0.2) is 90.8 Å². The van der Waals surface area contributed by atoms with Gasteiger partial charge in [-0.15, -0.1) is 0 Å². The van der Waals surface area contributed by atoms with E-state index in [0.29, 0.717) is 29.0 Å². The molecule has 2 aliphatic carbocycles. The van der Waals surface area contributed by atoms with Crippen LogP contribution < -0.4 is 29.1 Å². The van der Waals surface area contributed by atoms with Gasteiger partial charge in [0.25, 0.3) is 27.5 Å². The number of aliphatic hydroxyl groups is 1. The SMILES string of the molecule is CC(C)c1ccccc1[C@@H]1CCCN1C1CC2(CCN(c3ccc(C(=O)NS(=O)(=O)c4cc5c(c([N+](=O)[O-])c4)N[C@@H](C4CCC(C)(C)CC4)CO5)c(Oc4cc5cc[nH]c5nc4OCCO)c3)CC2)C1. The summed E-state index contributed by atoms with van der Waals surface area (Å²) in [6.45, 7) is 11.6. The molecule has 2 saturated carbocycles. The molecular formula is C53H65N7O9S. The van der Waals surface area contributed by atoms with Crippen molar-refractivity contribution in [3.05, 3.63) is 99.7 Å². The number of piperidine rings is 1. The minimum Gasteiger partial charge on any atom is -0.489 e. The van der Waals surface area contributed by atoms with Crippen LogP contribution >= 0.6 is 0 Å². The number of aliphatic hydroxyl groups excluding tert-OH is 1. The lowest BCUT2D eigenvalue weighted by Crippen LogP contribution is -2.54. The van der Waals surface area contributed by atoms with E-state index in [0.717, 1.165) is 69.9 Å². The van der Waals surface area contributed by atoms with Gasteiger partial charge >= 0.3 is 0 Å². The van der Waals surface area contributed by atoms with Crippen molar-refractivity contribution in [3.8, 4) is 23.1 Å². The molecule has 17 heteroatoms. The average Bonchev–Trinajstić information content (AvgIpc) is 4.02. The van der Waals surface area contributed by atoms with Gasteiger partial charge in [-0.3, -0.25) is 19.8 Å². The average molecular weight is 976 g/mol. The van der Waals surface area contributed by atoms with Crippen molar-refractivity contribution in [1.82, 2.24) is 19.6 Å². The van der Waals surface area contributed by atoms with Crippen LogP contribution in [-0.2, 0) is 10.0 Å². The monoisotopic (exact) mass is 975 g/mol. The normalized spacial score (nSPS) is 21.5. The molecule has 2 aromatic heterocycles. The Labute approximate surface area is 409 Å². The highest BCUT2D eigenvalue weighted by Gasteiger charge is 2.50. The van der Waals surface area contributed by atoms with E-state index in [9.17, 15) is 28.4 Å². The molecule has 0 bridgehead atoms. The predicted molar refractivity (Wildman–Crippen MR) is 268 cm³/mol. The van der Waals surface area contributed by atoms with Crippen LogP contribution in [0.1, 0.15) is 125 Å². The number of anilines is 2. The standard InChI is InChI=1S/C53H65N7O9S/c1-33(2)39-8-5-6-9-40(39)43-10-7-21-59(43)37-30-53(31-37)18-22-58(23-19-53)36-11-12-41(45(27-36)69-47-26-35-15-20-54-49(35)56-51(47)67-25-24-61)50(62)57-70(65,66)38-28-44(60(63)64)48-46(29-38)68-32-42(55-48)34-13-16-52(3,4)17-14-34/h5-6,8-9,11-12,15,20,26-29,33-34,37,42-43,55,61H,7,10,13-14,16-19,21-25,30-32H2,1-4H3,(H,54,56)(H,57,62)/t42-,43+/m1/s1. The fourth-order valence-electron chi connectivity index (χ4n) is 11.9. The molecule has 2 atom stereocenters. The number of fused-ring (bicyclic) bond motifs is 2. The number of hydrogen-bond acceptors (Lipinski definition) is 13. The summed E-state index contributed by atoms with van der Waals surface area (Å²) in [6.07, 6.45) is 12.4. The van der Waals surface area contributed by atoms with Gasteiger partial charge in [0.1, 0.15) is 24.6 Å². The van der Waals surface area contributed by atoms with Crippen molar-refractivity contribution in [2.45, 2.75) is 121 Å². The fourth-order valence-corrected chi connectivity index (χ4v) is 12.9. The number of rotatable bonds is 14. The summed E-state index contributed by atoms with van der Waals surface area (Å²) in [5.41, 5.74) is 4.30. The summed E-state index contributed by atoms with van der Waals surface area (Å²) in [6, 6.07) is 20.5. The first-order chi connectivity index (χ1) is 33.6. The number of carbonyl (C=O) groups excluding carboxylic acids is 1. The number of H-pyrrole nitrogens is 1. The van der Waals surface area contributed by atoms with E-state index in [4.69, 9.17) is 14.2 Å². The number of aromatic nitrogens is 2. The molecule has 0 radical (unpaired) electrons. The molecule has 3 aromatic carbocycles. The zero-order valence-corrected chi connectivity index (χ0v) is 41.4. The van der Waals surface area contributed by atoms with Crippen LogP contribution in [0.25, 0.3) is 11.0 Å². The lowest BCUT2D eigenvalue weighted by molar-refractivity contribution is -0.384. The number of sulfonamides is 1. The second-order valence-electron chi connectivity index (χ2n) is 21.4. The molecule has 5 heterocycles. The van der Waals surface area contributed by atoms with Gasteiger partial charge in [-0.1, -0.05) is 52.0 Å². The number of nitrogens with one attached hydrogen (secondary N) is 3. The van der Waals surface area contributed by atoms with Crippen LogP contribution in [0.5, 0.6) is 23.1 Å². The number of pyridine rings is 1. The molecule has 5 aliphatic rings. The van der Waals surface area contributed by atoms with Crippen molar-refractivity contribution in [2.75, 3.05) is 49.7 Å². The Morgan fingerprint density at radius 2 is 1.77 bits per heavy atom. The molecule has 3 aliphatic heterocycles. The maximum absolute atomic E-state index is 14.3. The van der Waals surface area contributed by atoms with E-state index < -0.39 is 31.4 Å². The molecule has 4 fully saturated rings. The third kappa shape index (κ3) is 9.51. The molecule has 70 heavy (non-hydrogen) atoms. The third-order valence-corrected chi connectivity index (χ3v) is 17.3. The number of likely N-dealkylation sites (tertiary alicyclic amines) is 1. The lowest BCUT2D eigenvalue weighted by Gasteiger charge is -2.56. The van der Waals surface area contributed by atoms with Crippen molar-refractivity contribution < 1.29 is 37.5 Å². The lowest BCUT2D eigenvalue weighted by atomic mass is 9.59. The van der Waals surface area contributed by atoms with Crippen LogP contribution in [0.15, 0.2) is 77.8 Å². The summed E-state index contributed by atoms with van der Waals surface area (Å²) in [5.74, 6) is -0.00477. The molecular weight excluding hydrogens is 911 g/mol. The van der Waals surface area contributed by atoms with Crippen molar-refractivity contribution >= 4 is 44.0 Å². The van der Waals surface area contributed by atoms with E-state index in [1.807, 2.05) is 0 Å². The molecule has 5 aromatic rings. The number of carbonyl (C=O) groups is 1. The number of benzene rings is 3. The molecule has 0 unspecified atom stereocenters. The molecule has 2 saturated heterocycles. The Morgan fingerprint density at radius 1 is 1.00 bits per heavy atom. The van der Waals surface area contributed by atoms with Gasteiger partial charge in [0.15, 0.2) is 17.2 Å². The van der Waals surface area contributed by atoms with E-state index in [1.54, 1.807) is 30.5 Å². The number of amides is 1. The van der Waals surface area contributed by atoms with E-state index in [1.165, 1.54) is 48.9 Å². The highest BCUT2D eigenvalue weighted by molar-refractivity contribution is 7.90. The van der Waals surface area contributed by atoms with Crippen LogP contribution in [0.4, 0.5) is 17.1 Å². The van der Waals surface area contributed by atoms with Crippen LogP contribution in [0, 0.1) is 26.9 Å². The van der Waals surface area contributed by atoms with Gasteiger partial charge in [0.2, 0.25) is 0 Å². The van der Waals surface area contributed by atoms with Gasteiger partial charge < -0.3 is 34.5 Å². The Hall–Kier alpha value is -5.91. The largest absolute Gasteiger partial charge is 0.489 e. The van der Waals surface area contributed by atoms with E-state index in [-0.39, 0.29) is 77.0 Å². The van der Waals surface area contributed by atoms with Crippen molar-refractivity contribution in [1.29, 1.82) is 0 Å². The van der Waals surface area contributed by atoms with Gasteiger partial charge in [-0.25, -0.2) is 13.1 Å². The first-order valence-corrected chi connectivity index (χ1v) is 26.5. The highest BCUT2D eigenvalue weighted by Crippen LogP contribution is 2.55. The van der Waals surface area contributed by atoms with Gasteiger partial charge in [0, 0.05) is 60.6 Å². The molecule has 372 valence electrons. The Balaban J connectivity index is 0.886. The van der Waals surface area contributed by atoms with Crippen molar-refractivity contribution in [2.24, 2.45) is 16.7 Å². The maximum atomic E-state index is 14.3. The van der Waals surface area contributed by atoms with Crippen LogP contribution in [0.2, 0.25) is 0 Å². The smallest absolute Gasteiger partial charge is 0.297 e. The van der Waals surface area contributed by atoms with Gasteiger partial charge in [-0.2, -0.15) is 4.98 Å². The summed E-state index contributed by atoms with van der Waals surface area (Å²) in [4.78, 5) is 38.3. The Morgan fingerprint density at radius 3 is 2.51 bits per heavy atom. The predicted octanol–water partition coefficient (Wildman–Crippen LogP) is 9.85. The summed E-state index contributed by atoms with van der Waals surface area (Å²) >= 11 is 0. The molecule has 1 spiro atoms. The third-order valence-electron chi connectivity index (χ3n) is 16.0. The fraction of sp³-hybridized carbons (Fsp3) is 0.509. The van der Waals surface area contributed by atoms with Crippen molar-refractivity contribution in [3.63, 3.8) is 0 Å². The zero-order chi connectivity index (χ0) is 49.0. The number of hydrogen-bond donors (Lipinski definition) is 4. The number of nitrogens with zero attached hydrogens (tertiary/aromatic N) is 4. The first-order valence-electron chi connectivity index (χ1n) is 25.0. The summed E-state index contributed by atoms with van der Waals surface area (Å²) in [5, 5.41) is 26.1. The topological polar surface area (TPSA) is 201 Å².